The highest BCUT2D eigenvalue weighted by Gasteiger charge is 2.37. The van der Waals surface area contributed by atoms with Crippen molar-refractivity contribution in [2.75, 3.05) is 7.05 Å². The molecule has 3 nitrogen and oxygen atoms in total. The zero-order chi connectivity index (χ0) is 16.6. The number of carbonyl (C=O) groups is 2. The van der Waals surface area contributed by atoms with Gasteiger partial charge < -0.3 is 0 Å². The van der Waals surface area contributed by atoms with Gasteiger partial charge in [-0.15, -0.1) is 0 Å². The normalized spacial score (nSPS) is 14.8. The molecule has 3 rings (SSSR count). The molecule has 0 bridgehead atoms. The number of benzene rings is 2. The fourth-order valence-corrected chi connectivity index (χ4v) is 3.37. The number of nitrogens with zero attached hydrogens (tertiary/aromatic N) is 1. The molecule has 2 aromatic rings. The fourth-order valence-electron chi connectivity index (χ4n) is 2.20. The molecule has 1 heterocycles. The Morgan fingerprint density at radius 3 is 2.17 bits per heavy atom. The average molecular weight is 348 g/mol. The summed E-state index contributed by atoms with van der Waals surface area (Å²) in [5.74, 6) is -1.15. The van der Waals surface area contributed by atoms with E-state index in [0.717, 1.165) is 9.80 Å². The van der Waals surface area contributed by atoms with E-state index in [2.05, 4.69) is 0 Å². The molecule has 0 radical (unpaired) electrons. The summed E-state index contributed by atoms with van der Waals surface area (Å²) in [6, 6.07) is 12.5. The Morgan fingerprint density at radius 1 is 0.957 bits per heavy atom. The fraction of sp³-hybridized carbons (Fsp3) is 0.0588. The Morgan fingerprint density at radius 2 is 1.57 bits per heavy atom. The van der Waals surface area contributed by atoms with E-state index in [4.69, 9.17) is 11.6 Å². The summed E-state index contributed by atoms with van der Waals surface area (Å²) in [6.07, 6.45) is 0. The van der Waals surface area contributed by atoms with E-state index in [1.54, 1.807) is 24.3 Å². The van der Waals surface area contributed by atoms with Gasteiger partial charge in [0.25, 0.3) is 11.8 Å². The molecule has 0 atom stereocenters. The quantitative estimate of drug-likeness (QED) is 0.788. The van der Waals surface area contributed by atoms with Crippen LogP contribution < -0.4 is 0 Å². The van der Waals surface area contributed by atoms with Crippen molar-refractivity contribution in [1.29, 1.82) is 0 Å². The molecule has 0 aromatic heterocycles. The predicted molar refractivity (Wildman–Crippen MR) is 88.4 cm³/mol. The molecule has 0 fully saturated rings. The lowest BCUT2D eigenvalue weighted by Gasteiger charge is -2.06. The summed E-state index contributed by atoms with van der Waals surface area (Å²) >= 11 is 7.05. The van der Waals surface area contributed by atoms with Crippen molar-refractivity contribution in [2.45, 2.75) is 4.90 Å². The third kappa shape index (κ3) is 3.02. The SMILES string of the molecule is CN1C(=O)C(Sc2ccc(Cl)cc2)=C(c2ccc(F)cc2)C1=O. The first-order valence-corrected chi connectivity index (χ1v) is 7.93. The molecular formula is C17H11ClFNO2S. The number of imide groups is 1. The minimum atomic E-state index is -0.397. The molecule has 6 heteroatoms. The number of likely N-dealkylation sites (N-methyl/N-ethyl adjacent to an activating group) is 1. The Labute approximate surface area is 141 Å². The van der Waals surface area contributed by atoms with E-state index in [-0.39, 0.29) is 11.5 Å². The van der Waals surface area contributed by atoms with Crippen LogP contribution >= 0.6 is 23.4 Å². The van der Waals surface area contributed by atoms with Crippen LogP contribution in [0, 0.1) is 5.82 Å². The second kappa shape index (κ2) is 6.18. The maximum atomic E-state index is 13.1. The van der Waals surface area contributed by atoms with Crippen molar-refractivity contribution < 1.29 is 14.0 Å². The molecular weight excluding hydrogens is 337 g/mol. The van der Waals surface area contributed by atoms with E-state index in [0.29, 0.717) is 15.5 Å². The molecule has 23 heavy (non-hydrogen) atoms. The van der Waals surface area contributed by atoms with Gasteiger partial charge in [0.2, 0.25) is 0 Å². The lowest BCUT2D eigenvalue weighted by Crippen LogP contribution is -2.26. The number of thioether (sulfide) groups is 1. The number of carbonyl (C=O) groups excluding carboxylic acids is 2. The van der Waals surface area contributed by atoms with Crippen molar-refractivity contribution >= 4 is 40.8 Å². The van der Waals surface area contributed by atoms with Crippen LogP contribution in [0.5, 0.6) is 0 Å². The summed E-state index contributed by atoms with van der Waals surface area (Å²) in [5, 5.41) is 0.591. The molecule has 1 aliphatic rings. The molecule has 116 valence electrons. The Kier molecular flexibility index (Phi) is 4.24. The van der Waals surface area contributed by atoms with Crippen LogP contribution in [0.2, 0.25) is 5.02 Å². The van der Waals surface area contributed by atoms with E-state index < -0.39 is 11.7 Å². The molecule has 0 aliphatic carbocycles. The van der Waals surface area contributed by atoms with Gasteiger partial charge in [-0.05, 0) is 42.0 Å². The summed E-state index contributed by atoms with van der Waals surface area (Å²) in [7, 11) is 1.43. The van der Waals surface area contributed by atoms with E-state index in [1.165, 1.54) is 43.1 Å². The number of hydrogen-bond donors (Lipinski definition) is 0. The molecule has 0 unspecified atom stereocenters. The van der Waals surface area contributed by atoms with Crippen LogP contribution in [0.25, 0.3) is 5.57 Å². The smallest absolute Gasteiger partial charge is 0.268 e. The summed E-state index contributed by atoms with van der Waals surface area (Å²) in [4.78, 5) is 26.9. The number of halogens is 2. The van der Waals surface area contributed by atoms with Gasteiger partial charge in [-0.3, -0.25) is 14.5 Å². The van der Waals surface area contributed by atoms with Crippen LogP contribution in [-0.4, -0.2) is 23.8 Å². The van der Waals surface area contributed by atoms with Gasteiger partial charge in [0.05, 0.1) is 10.5 Å². The van der Waals surface area contributed by atoms with Crippen LogP contribution in [-0.2, 0) is 9.59 Å². The van der Waals surface area contributed by atoms with Gasteiger partial charge >= 0.3 is 0 Å². The van der Waals surface area contributed by atoms with Crippen LogP contribution in [0.15, 0.2) is 58.3 Å². The maximum Gasteiger partial charge on any atom is 0.268 e. The van der Waals surface area contributed by atoms with E-state index >= 15 is 0 Å². The molecule has 0 saturated heterocycles. The van der Waals surface area contributed by atoms with Gasteiger partial charge in [-0.25, -0.2) is 4.39 Å². The zero-order valence-corrected chi connectivity index (χ0v) is 13.6. The molecule has 2 amide bonds. The first kappa shape index (κ1) is 15.8. The summed E-state index contributed by atoms with van der Waals surface area (Å²) in [5.41, 5.74) is 0.808. The molecule has 0 saturated carbocycles. The first-order valence-electron chi connectivity index (χ1n) is 6.73. The van der Waals surface area contributed by atoms with Crippen molar-refractivity contribution in [2.24, 2.45) is 0 Å². The number of rotatable bonds is 3. The molecule has 2 aromatic carbocycles. The van der Waals surface area contributed by atoms with Gasteiger partial charge in [0.15, 0.2) is 0 Å². The summed E-state index contributed by atoms with van der Waals surface area (Å²) < 4.78 is 13.1. The van der Waals surface area contributed by atoms with Gasteiger partial charge in [0, 0.05) is 17.0 Å². The Bertz CT molecular complexity index is 815. The molecule has 1 aliphatic heterocycles. The third-order valence-electron chi connectivity index (χ3n) is 3.41. The number of amides is 2. The highest BCUT2D eigenvalue weighted by Crippen LogP contribution is 2.39. The lowest BCUT2D eigenvalue weighted by atomic mass is 10.1. The minimum Gasteiger partial charge on any atom is -0.277 e. The first-order chi connectivity index (χ1) is 11.0. The zero-order valence-electron chi connectivity index (χ0n) is 12.0. The molecule has 0 spiro atoms. The van der Waals surface area contributed by atoms with Gasteiger partial charge in [0.1, 0.15) is 5.82 Å². The lowest BCUT2D eigenvalue weighted by molar-refractivity contribution is -0.134. The average Bonchev–Trinajstić information content (AvgIpc) is 2.75. The Hall–Kier alpha value is -2.11. The third-order valence-corrected chi connectivity index (χ3v) is 4.75. The topological polar surface area (TPSA) is 37.4 Å². The van der Waals surface area contributed by atoms with Crippen molar-refractivity contribution in [1.82, 2.24) is 4.90 Å². The second-order valence-electron chi connectivity index (χ2n) is 4.94. The van der Waals surface area contributed by atoms with Gasteiger partial charge in [-0.1, -0.05) is 35.5 Å². The largest absolute Gasteiger partial charge is 0.277 e. The summed E-state index contributed by atoms with van der Waals surface area (Å²) in [6.45, 7) is 0. The van der Waals surface area contributed by atoms with E-state index in [1.807, 2.05) is 0 Å². The van der Waals surface area contributed by atoms with E-state index in [9.17, 15) is 14.0 Å². The van der Waals surface area contributed by atoms with Crippen molar-refractivity contribution in [3.05, 3.63) is 69.8 Å². The minimum absolute atomic E-state index is 0.289. The monoisotopic (exact) mass is 347 g/mol. The Balaban J connectivity index is 2.06. The van der Waals surface area contributed by atoms with Crippen LogP contribution in [0.4, 0.5) is 4.39 Å². The maximum absolute atomic E-state index is 13.1. The number of hydrogen-bond acceptors (Lipinski definition) is 3. The van der Waals surface area contributed by atoms with Crippen molar-refractivity contribution in [3.63, 3.8) is 0 Å². The standard InChI is InChI=1S/C17H11ClFNO2S/c1-20-16(21)14(10-2-6-12(19)7-3-10)15(17(20)22)23-13-8-4-11(18)5-9-13/h2-9H,1H3. The van der Waals surface area contributed by atoms with Gasteiger partial charge in [-0.2, -0.15) is 0 Å². The second-order valence-corrected chi connectivity index (χ2v) is 6.46. The van der Waals surface area contributed by atoms with Crippen LogP contribution in [0.3, 0.4) is 0 Å². The van der Waals surface area contributed by atoms with Crippen LogP contribution in [0.1, 0.15) is 5.56 Å². The molecule has 0 N–H and O–H groups in total. The highest BCUT2D eigenvalue weighted by atomic mass is 35.5. The predicted octanol–water partition coefficient (Wildman–Crippen LogP) is 3.98. The highest BCUT2D eigenvalue weighted by molar-refractivity contribution is 8.04. The van der Waals surface area contributed by atoms with Crippen molar-refractivity contribution in [3.8, 4) is 0 Å².